The summed E-state index contributed by atoms with van der Waals surface area (Å²) in [5.41, 5.74) is -0.280. The van der Waals surface area contributed by atoms with E-state index >= 15 is 0 Å². The molecule has 1 amide bonds. The van der Waals surface area contributed by atoms with E-state index in [2.05, 4.69) is 15.1 Å². The van der Waals surface area contributed by atoms with Crippen LogP contribution in [0, 0.1) is 5.41 Å². The van der Waals surface area contributed by atoms with Crippen molar-refractivity contribution in [1.82, 2.24) is 15.1 Å². The van der Waals surface area contributed by atoms with E-state index in [1.54, 1.807) is 7.11 Å². The number of rotatable bonds is 4. The number of amides is 1. The van der Waals surface area contributed by atoms with Crippen LogP contribution in [0.3, 0.4) is 0 Å². The Morgan fingerprint density at radius 2 is 1.64 bits per heavy atom. The lowest BCUT2D eigenvalue weighted by Gasteiger charge is -2.44. The lowest BCUT2D eigenvalue weighted by Crippen LogP contribution is -2.55. The third-order valence-electron chi connectivity index (χ3n) is 6.09. The number of ether oxygens (including phenoxy) is 1. The third-order valence-corrected chi connectivity index (χ3v) is 6.09. The van der Waals surface area contributed by atoms with Gasteiger partial charge in [-0.2, -0.15) is 0 Å². The molecule has 0 atom stereocenters. The first-order chi connectivity index (χ1) is 11.2. The summed E-state index contributed by atoms with van der Waals surface area (Å²) in [7, 11) is 1.72. The van der Waals surface area contributed by atoms with Crippen LogP contribution in [0.2, 0.25) is 0 Å². The van der Waals surface area contributed by atoms with E-state index in [1.165, 1.54) is 32.4 Å². The number of carbonyl (C=O) groups excluding carboxylic acids is 1. The van der Waals surface area contributed by atoms with Crippen molar-refractivity contribution in [3.05, 3.63) is 0 Å². The molecule has 1 N–H and O–H groups in total. The van der Waals surface area contributed by atoms with Gasteiger partial charge in [-0.1, -0.05) is 6.42 Å². The summed E-state index contributed by atoms with van der Waals surface area (Å²) in [6.45, 7) is 6.81. The van der Waals surface area contributed by atoms with Gasteiger partial charge in [-0.15, -0.1) is 24.8 Å². The van der Waals surface area contributed by atoms with Gasteiger partial charge in [0.15, 0.2) is 0 Å². The largest absolute Gasteiger partial charge is 0.384 e. The minimum Gasteiger partial charge on any atom is -0.384 e. The molecule has 148 valence electrons. The Kier molecular flexibility index (Phi) is 10.0. The molecule has 0 saturated carbocycles. The van der Waals surface area contributed by atoms with Gasteiger partial charge in [0.1, 0.15) is 0 Å². The minimum atomic E-state index is -0.280. The Balaban J connectivity index is 0.00000156. The van der Waals surface area contributed by atoms with Crippen LogP contribution in [-0.4, -0.2) is 74.7 Å². The van der Waals surface area contributed by atoms with Gasteiger partial charge in [-0.3, -0.25) is 4.79 Å². The molecule has 0 aromatic heterocycles. The highest BCUT2D eigenvalue weighted by atomic mass is 35.5. The van der Waals surface area contributed by atoms with Crippen molar-refractivity contribution >= 4 is 30.7 Å². The maximum absolute atomic E-state index is 13.2. The molecular weight excluding hydrogens is 361 g/mol. The summed E-state index contributed by atoms with van der Waals surface area (Å²) in [5.74, 6) is 0.345. The van der Waals surface area contributed by atoms with Gasteiger partial charge in [-0.25, -0.2) is 0 Å². The van der Waals surface area contributed by atoms with Crippen LogP contribution in [0.5, 0.6) is 0 Å². The molecule has 3 fully saturated rings. The summed E-state index contributed by atoms with van der Waals surface area (Å²) >= 11 is 0. The molecular formula is C18H35Cl2N3O2. The first-order valence-corrected chi connectivity index (χ1v) is 9.48. The van der Waals surface area contributed by atoms with E-state index in [0.29, 0.717) is 18.6 Å². The molecule has 3 saturated heterocycles. The van der Waals surface area contributed by atoms with Crippen molar-refractivity contribution in [2.75, 3.05) is 53.0 Å². The average molecular weight is 396 g/mol. The fraction of sp³-hybridized carbons (Fsp3) is 0.944. The highest BCUT2D eigenvalue weighted by Gasteiger charge is 2.43. The molecule has 7 heteroatoms. The summed E-state index contributed by atoms with van der Waals surface area (Å²) in [4.78, 5) is 17.9. The quantitative estimate of drug-likeness (QED) is 0.792. The number of nitrogens with one attached hydrogen (secondary N) is 1. The van der Waals surface area contributed by atoms with E-state index < -0.39 is 0 Å². The fourth-order valence-electron chi connectivity index (χ4n) is 4.65. The van der Waals surface area contributed by atoms with Gasteiger partial charge < -0.3 is 19.9 Å². The molecule has 3 aliphatic heterocycles. The molecule has 0 aromatic carbocycles. The highest BCUT2D eigenvalue weighted by Crippen LogP contribution is 2.33. The van der Waals surface area contributed by atoms with Crippen LogP contribution >= 0.6 is 24.8 Å². The number of halogens is 2. The Morgan fingerprint density at radius 1 is 1.04 bits per heavy atom. The highest BCUT2D eigenvalue weighted by molar-refractivity contribution is 5.85. The van der Waals surface area contributed by atoms with Crippen molar-refractivity contribution in [3.63, 3.8) is 0 Å². The minimum absolute atomic E-state index is 0. The maximum Gasteiger partial charge on any atom is 0.231 e. The molecule has 3 heterocycles. The van der Waals surface area contributed by atoms with Gasteiger partial charge >= 0.3 is 0 Å². The Hall–Kier alpha value is -0.0700. The van der Waals surface area contributed by atoms with E-state index in [9.17, 15) is 4.79 Å². The summed E-state index contributed by atoms with van der Waals surface area (Å²) in [6, 6.07) is 0.700. The molecule has 0 bridgehead atoms. The molecule has 0 aliphatic carbocycles. The average Bonchev–Trinajstić information content (AvgIpc) is 2.63. The first kappa shape index (κ1) is 23.0. The van der Waals surface area contributed by atoms with E-state index in [1.807, 2.05) is 0 Å². The summed E-state index contributed by atoms with van der Waals surface area (Å²) < 4.78 is 5.43. The lowest BCUT2D eigenvalue weighted by atomic mass is 9.78. The number of likely N-dealkylation sites (tertiary alicyclic amines) is 2. The predicted molar refractivity (Wildman–Crippen MR) is 106 cm³/mol. The fourth-order valence-corrected chi connectivity index (χ4v) is 4.65. The molecule has 0 radical (unpaired) electrons. The normalized spacial score (nSPS) is 24.9. The molecule has 25 heavy (non-hydrogen) atoms. The van der Waals surface area contributed by atoms with E-state index in [-0.39, 0.29) is 30.2 Å². The number of hydrogen-bond acceptors (Lipinski definition) is 4. The number of carbonyl (C=O) groups is 1. The van der Waals surface area contributed by atoms with Crippen LogP contribution in [0.4, 0.5) is 0 Å². The number of nitrogens with zero attached hydrogens (tertiary/aromatic N) is 2. The van der Waals surface area contributed by atoms with E-state index in [0.717, 1.165) is 51.9 Å². The molecule has 0 aromatic rings. The Morgan fingerprint density at radius 3 is 2.20 bits per heavy atom. The van der Waals surface area contributed by atoms with Crippen molar-refractivity contribution < 1.29 is 9.53 Å². The third kappa shape index (κ3) is 5.46. The van der Waals surface area contributed by atoms with Gasteiger partial charge in [0.05, 0.1) is 12.0 Å². The van der Waals surface area contributed by atoms with Gasteiger partial charge in [0.25, 0.3) is 0 Å². The SMILES string of the molecule is COCC1(C(=O)N2CCC(N3CCCCC3)CC2)CCNCC1.Cl.Cl. The van der Waals surface area contributed by atoms with E-state index in [4.69, 9.17) is 4.74 Å². The maximum atomic E-state index is 13.2. The van der Waals surface area contributed by atoms with Gasteiger partial charge in [0.2, 0.25) is 5.91 Å². The standard InChI is InChI=1S/C18H33N3O2.2ClH/c1-23-15-18(7-9-19-10-8-18)17(22)21-13-5-16(6-14-21)20-11-3-2-4-12-20;;/h16,19H,2-15H2,1H3;2*1H. The zero-order valence-corrected chi connectivity index (χ0v) is 17.1. The first-order valence-electron chi connectivity index (χ1n) is 9.48. The van der Waals surface area contributed by atoms with Crippen LogP contribution < -0.4 is 5.32 Å². The zero-order valence-electron chi connectivity index (χ0n) is 15.5. The molecule has 0 unspecified atom stereocenters. The van der Waals surface area contributed by atoms with Gasteiger partial charge in [-0.05, 0) is 64.7 Å². The van der Waals surface area contributed by atoms with Crippen LogP contribution in [-0.2, 0) is 9.53 Å². The number of methoxy groups -OCH3 is 1. The second-order valence-electron chi connectivity index (χ2n) is 7.58. The zero-order chi connectivity index (χ0) is 16.1. The number of hydrogen-bond donors (Lipinski definition) is 1. The molecule has 3 rings (SSSR count). The van der Waals surface area contributed by atoms with Crippen LogP contribution in [0.1, 0.15) is 44.9 Å². The van der Waals surface area contributed by atoms with Crippen molar-refractivity contribution in [2.24, 2.45) is 5.41 Å². The smallest absolute Gasteiger partial charge is 0.231 e. The van der Waals surface area contributed by atoms with Crippen LogP contribution in [0.15, 0.2) is 0 Å². The molecule has 5 nitrogen and oxygen atoms in total. The second-order valence-corrected chi connectivity index (χ2v) is 7.58. The van der Waals surface area contributed by atoms with Crippen molar-refractivity contribution in [2.45, 2.75) is 51.0 Å². The molecule has 0 spiro atoms. The van der Waals surface area contributed by atoms with Crippen molar-refractivity contribution in [1.29, 1.82) is 0 Å². The lowest BCUT2D eigenvalue weighted by molar-refractivity contribution is -0.149. The monoisotopic (exact) mass is 395 g/mol. The number of piperidine rings is 3. The predicted octanol–water partition coefficient (Wildman–Crippen LogP) is 2.32. The summed E-state index contributed by atoms with van der Waals surface area (Å²) in [5, 5.41) is 3.37. The van der Waals surface area contributed by atoms with Crippen LogP contribution in [0.25, 0.3) is 0 Å². The Bertz CT molecular complexity index is 386. The van der Waals surface area contributed by atoms with Gasteiger partial charge in [0, 0.05) is 26.2 Å². The molecule has 3 aliphatic rings. The Labute approximate surface area is 165 Å². The topological polar surface area (TPSA) is 44.8 Å². The second kappa shape index (κ2) is 10.9. The van der Waals surface area contributed by atoms with Crippen molar-refractivity contribution in [3.8, 4) is 0 Å². The summed E-state index contributed by atoms with van der Waals surface area (Å²) in [6.07, 6.45) is 8.20.